The summed E-state index contributed by atoms with van der Waals surface area (Å²) in [5.41, 5.74) is 0. The molecule has 0 aliphatic carbocycles. The molecule has 3 nitrogen and oxygen atoms in total. The van der Waals surface area contributed by atoms with Gasteiger partial charge in [0.1, 0.15) is 0 Å². The van der Waals surface area contributed by atoms with Gasteiger partial charge in [0.05, 0.1) is 0 Å². The Bertz CT molecular complexity index is 147. The fourth-order valence-electron chi connectivity index (χ4n) is 1.08. The van der Waals surface area contributed by atoms with E-state index in [0.29, 0.717) is 12.3 Å². The van der Waals surface area contributed by atoms with Crippen LogP contribution in [0.15, 0.2) is 0 Å². The van der Waals surface area contributed by atoms with Crippen LogP contribution in [0.25, 0.3) is 0 Å². The van der Waals surface area contributed by atoms with E-state index in [1.165, 1.54) is 0 Å². The van der Waals surface area contributed by atoms with Crippen LogP contribution in [0, 0.1) is 11.8 Å². The highest BCUT2D eigenvalue weighted by molar-refractivity contribution is 7.79. The second kappa shape index (κ2) is 5.67. The van der Waals surface area contributed by atoms with Crippen LogP contribution < -0.4 is 0 Å². The molecule has 0 aromatic carbocycles. The molecule has 0 saturated carbocycles. The third-order valence-corrected chi connectivity index (χ3v) is 3.03. The first-order valence-electron chi connectivity index (χ1n) is 4.18. The van der Waals surface area contributed by atoms with Gasteiger partial charge in [0.25, 0.3) is 0 Å². The standard InChI is InChI=1S/C8H18O3S/c1-6(2)4-8(12(10)11)7(3)5-9/h6-9H,4-5H2,1-3H3,(H,10,11)/p-1/t7-,8?/m0/s1. The Morgan fingerprint density at radius 3 is 2.17 bits per heavy atom. The van der Waals surface area contributed by atoms with E-state index in [-0.39, 0.29) is 12.5 Å². The number of hydrogen-bond donors (Lipinski definition) is 1. The van der Waals surface area contributed by atoms with Crippen molar-refractivity contribution in [2.24, 2.45) is 11.8 Å². The van der Waals surface area contributed by atoms with Crippen molar-refractivity contribution in [3.05, 3.63) is 0 Å². The SMILES string of the molecule is CC(C)CC([C@@H](C)CO)S(=O)[O-]. The Hall–Kier alpha value is 0.0700. The molecule has 0 amide bonds. The highest BCUT2D eigenvalue weighted by Gasteiger charge is 2.18. The monoisotopic (exact) mass is 193 g/mol. The van der Waals surface area contributed by atoms with E-state index in [2.05, 4.69) is 0 Å². The molecule has 0 fully saturated rings. The molecule has 4 heteroatoms. The van der Waals surface area contributed by atoms with Crippen molar-refractivity contribution in [1.82, 2.24) is 0 Å². The molecule has 74 valence electrons. The van der Waals surface area contributed by atoms with Crippen molar-refractivity contribution in [3.8, 4) is 0 Å². The Labute approximate surface area is 76.5 Å². The van der Waals surface area contributed by atoms with Crippen LogP contribution in [-0.4, -0.2) is 25.7 Å². The summed E-state index contributed by atoms with van der Waals surface area (Å²) in [6.45, 7) is 5.64. The first-order chi connectivity index (χ1) is 5.49. The summed E-state index contributed by atoms with van der Waals surface area (Å²) >= 11 is -2.06. The Balaban J connectivity index is 4.13. The number of aliphatic hydroxyl groups is 1. The van der Waals surface area contributed by atoms with Gasteiger partial charge in [0.2, 0.25) is 0 Å². The van der Waals surface area contributed by atoms with Crippen molar-refractivity contribution in [2.75, 3.05) is 6.61 Å². The van der Waals surface area contributed by atoms with Gasteiger partial charge in [0, 0.05) is 11.9 Å². The van der Waals surface area contributed by atoms with Gasteiger partial charge in [0.15, 0.2) is 0 Å². The van der Waals surface area contributed by atoms with Crippen LogP contribution in [0.1, 0.15) is 27.2 Å². The lowest BCUT2D eigenvalue weighted by Crippen LogP contribution is -2.27. The zero-order valence-electron chi connectivity index (χ0n) is 7.82. The van der Waals surface area contributed by atoms with E-state index >= 15 is 0 Å². The van der Waals surface area contributed by atoms with E-state index in [1.807, 2.05) is 13.8 Å². The molecular weight excluding hydrogens is 176 g/mol. The molecule has 0 aliphatic heterocycles. The Kier molecular flexibility index (Phi) is 5.70. The van der Waals surface area contributed by atoms with Gasteiger partial charge in [-0.1, -0.05) is 31.9 Å². The average Bonchev–Trinajstić information content (AvgIpc) is 1.98. The van der Waals surface area contributed by atoms with Crippen molar-refractivity contribution in [3.63, 3.8) is 0 Å². The molecule has 2 unspecified atom stereocenters. The van der Waals surface area contributed by atoms with Crippen molar-refractivity contribution in [1.29, 1.82) is 0 Å². The molecular formula is C8H17O3S-. The van der Waals surface area contributed by atoms with E-state index in [9.17, 15) is 8.76 Å². The van der Waals surface area contributed by atoms with E-state index in [0.717, 1.165) is 0 Å². The molecule has 0 aliphatic rings. The maximum Gasteiger partial charge on any atom is 0.0467 e. The highest BCUT2D eigenvalue weighted by Crippen LogP contribution is 2.17. The fourth-order valence-corrected chi connectivity index (χ4v) is 2.09. The minimum atomic E-state index is -2.06. The normalized spacial score (nSPS) is 19.2. The van der Waals surface area contributed by atoms with E-state index in [4.69, 9.17) is 5.11 Å². The lowest BCUT2D eigenvalue weighted by atomic mass is 9.99. The topological polar surface area (TPSA) is 60.4 Å². The van der Waals surface area contributed by atoms with Gasteiger partial charge in [-0.05, 0) is 18.3 Å². The van der Waals surface area contributed by atoms with Gasteiger partial charge >= 0.3 is 0 Å². The summed E-state index contributed by atoms with van der Waals surface area (Å²) in [5, 5.41) is 8.39. The first kappa shape index (κ1) is 12.1. The molecule has 0 aromatic rings. The summed E-state index contributed by atoms with van der Waals surface area (Å²) in [6, 6.07) is 0. The van der Waals surface area contributed by atoms with Crippen LogP contribution in [0.4, 0.5) is 0 Å². The second-order valence-corrected chi connectivity index (χ2v) is 4.71. The van der Waals surface area contributed by atoms with Crippen LogP contribution in [0.3, 0.4) is 0 Å². The smallest absolute Gasteiger partial charge is 0.0467 e. The maximum atomic E-state index is 10.7. The number of aliphatic hydroxyl groups excluding tert-OH is 1. The Morgan fingerprint density at radius 1 is 1.42 bits per heavy atom. The van der Waals surface area contributed by atoms with Crippen LogP contribution in [-0.2, 0) is 11.1 Å². The summed E-state index contributed by atoms with van der Waals surface area (Å²) in [6.07, 6.45) is 0.623. The molecule has 1 N–H and O–H groups in total. The minimum Gasteiger partial charge on any atom is -0.772 e. The quantitative estimate of drug-likeness (QED) is 0.660. The van der Waals surface area contributed by atoms with Gasteiger partial charge in [-0.15, -0.1) is 0 Å². The van der Waals surface area contributed by atoms with Crippen LogP contribution in [0.5, 0.6) is 0 Å². The third kappa shape index (κ3) is 4.18. The van der Waals surface area contributed by atoms with Crippen molar-refractivity contribution >= 4 is 11.1 Å². The summed E-state index contributed by atoms with van der Waals surface area (Å²) in [5.74, 6) is 0.188. The third-order valence-electron chi connectivity index (χ3n) is 1.87. The predicted molar refractivity (Wildman–Crippen MR) is 48.4 cm³/mol. The molecule has 12 heavy (non-hydrogen) atoms. The summed E-state index contributed by atoms with van der Waals surface area (Å²) in [4.78, 5) is 0. The molecule has 3 atom stereocenters. The molecule has 0 bridgehead atoms. The predicted octanol–water partition coefficient (Wildman–Crippen LogP) is 0.909. The fraction of sp³-hybridized carbons (Fsp3) is 1.00. The first-order valence-corrected chi connectivity index (χ1v) is 5.31. The molecule has 0 heterocycles. The lowest BCUT2D eigenvalue weighted by Gasteiger charge is -2.26. The van der Waals surface area contributed by atoms with Gasteiger partial charge < -0.3 is 9.66 Å². The van der Waals surface area contributed by atoms with Crippen LogP contribution in [0.2, 0.25) is 0 Å². The average molecular weight is 193 g/mol. The van der Waals surface area contributed by atoms with Gasteiger partial charge in [-0.3, -0.25) is 4.21 Å². The van der Waals surface area contributed by atoms with Gasteiger partial charge in [-0.25, -0.2) is 0 Å². The summed E-state index contributed by atoms with van der Waals surface area (Å²) < 4.78 is 21.4. The highest BCUT2D eigenvalue weighted by atomic mass is 32.2. The largest absolute Gasteiger partial charge is 0.772 e. The van der Waals surface area contributed by atoms with E-state index in [1.54, 1.807) is 6.92 Å². The summed E-state index contributed by atoms with van der Waals surface area (Å²) in [7, 11) is 0. The van der Waals surface area contributed by atoms with Crippen molar-refractivity contribution in [2.45, 2.75) is 32.4 Å². The number of rotatable bonds is 5. The molecule has 0 aromatic heterocycles. The molecule has 0 saturated heterocycles. The maximum absolute atomic E-state index is 10.7. The van der Waals surface area contributed by atoms with Gasteiger partial charge in [-0.2, -0.15) is 0 Å². The molecule has 0 rings (SSSR count). The van der Waals surface area contributed by atoms with Crippen LogP contribution >= 0.6 is 0 Å². The molecule has 0 spiro atoms. The van der Waals surface area contributed by atoms with E-state index < -0.39 is 16.3 Å². The Morgan fingerprint density at radius 2 is 1.92 bits per heavy atom. The zero-order valence-corrected chi connectivity index (χ0v) is 8.63. The minimum absolute atomic E-state index is 0.0641. The second-order valence-electron chi connectivity index (χ2n) is 3.59. The molecule has 0 radical (unpaired) electrons. The number of hydrogen-bond acceptors (Lipinski definition) is 3. The van der Waals surface area contributed by atoms with Crippen molar-refractivity contribution < 1.29 is 13.9 Å². The zero-order chi connectivity index (χ0) is 9.72. The lowest BCUT2D eigenvalue weighted by molar-refractivity contribution is 0.224.